The minimum atomic E-state index is 0.164. The minimum absolute atomic E-state index is 0.164. The number of benzene rings is 2. The van der Waals surface area contributed by atoms with Crippen LogP contribution in [0.25, 0.3) is 10.8 Å². The number of nitrogens with one attached hydrogen (secondary N) is 1. The maximum Gasteiger partial charge on any atom is 0.224 e. The van der Waals surface area contributed by atoms with Gasteiger partial charge in [0.05, 0.1) is 13.2 Å². The van der Waals surface area contributed by atoms with Gasteiger partial charge in [-0.2, -0.15) is 0 Å². The van der Waals surface area contributed by atoms with Gasteiger partial charge in [-0.05, 0) is 11.5 Å². The smallest absolute Gasteiger partial charge is 0.224 e. The van der Waals surface area contributed by atoms with Gasteiger partial charge in [-0.3, -0.25) is 4.79 Å². The van der Waals surface area contributed by atoms with Crippen LogP contribution in [0.2, 0.25) is 0 Å². The van der Waals surface area contributed by atoms with E-state index in [0.717, 1.165) is 39.3 Å². The van der Waals surface area contributed by atoms with E-state index < -0.39 is 0 Å². The Morgan fingerprint density at radius 2 is 1.88 bits per heavy atom. The molecule has 25 heavy (non-hydrogen) atoms. The topological polar surface area (TPSA) is 44.8 Å². The van der Waals surface area contributed by atoms with Crippen LogP contribution in [0.4, 0.5) is 5.69 Å². The SMILES string of the molecule is O=C(C[C@@H]1COCCN1)N1CCN(c2cccc3ccccc23)CC1. The van der Waals surface area contributed by atoms with Gasteiger partial charge in [0, 0.05) is 56.3 Å². The molecule has 2 aromatic rings. The third kappa shape index (κ3) is 3.62. The maximum absolute atomic E-state index is 12.5. The largest absolute Gasteiger partial charge is 0.378 e. The molecule has 2 heterocycles. The summed E-state index contributed by atoms with van der Waals surface area (Å²) in [6.45, 7) is 5.57. The molecule has 0 unspecified atom stereocenters. The lowest BCUT2D eigenvalue weighted by Gasteiger charge is -2.37. The van der Waals surface area contributed by atoms with Gasteiger partial charge in [-0.15, -0.1) is 0 Å². The van der Waals surface area contributed by atoms with E-state index in [4.69, 9.17) is 4.74 Å². The number of fused-ring (bicyclic) bond motifs is 1. The molecule has 0 saturated carbocycles. The summed E-state index contributed by atoms with van der Waals surface area (Å²) in [7, 11) is 0. The molecule has 5 heteroatoms. The Bertz CT molecular complexity index is 729. The molecular formula is C20H25N3O2. The monoisotopic (exact) mass is 339 g/mol. The van der Waals surface area contributed by atoms with Crippen molar-refractivity contribution < 1.29 is 9.53 Å². The van der Waals surface area contributed by atoms with Crippen LogP contribution < -0.4 is 10.2 Å². The lowest BCUT2D eigenvalue weighted by molar-refractivity contribution is -0.132. The van der Waals surface area contributed by atoms with E-state index >= 15 is 0 Å². The predicted octanol–water partition coefficient (Wildman–Crippen LogP) is 1.87. The van der Waals surface area contributed by atoms with E-state index in [9.17, 15) is 4.79 Å². The number of hydrogen-bond acceptors (Lipinski definition) is 4. The van der Waals surface area contributed by atoms with Crippen LogP contribution in [-0.2, 0) is 9.53 Å². The highest BCUT2D eigenvalue weighted by Gasteiger charge is 2.25. The Labute approximate surface area is 148 Å². The van der Waals surface area contributed by atoms with Crippen LogP contribution >= 0.6 is 0 Å². The number of anilines is 1. The fraction of sp³-hybridized carbons (Fsp3) is 0.450. The molecule has 0 spiro atoms. The highest BCUT2D eigenvalue weighted by molar-refractivity contribution is 5.94. The highest BCUT2D eigenvalue weighted by Crippen LogP contribution is 2.27. The maximum atomic E-state index is 12.5. The molecule has 132 valence electrons. The van der Waals surface area contributed by atoms with Crippen molar-refractivity contribution in [2.24, 2.45) is 0 Å². The van der Waals surface area contributed by atoms with E-state index in [1.54, 1.807) is 0 Å². The fourth-order valence-corrected chi connectivity index (χ4v) is 3.77. The predicted molar refractivity (Wildman–Crippen MR) is 100.0 cm³/mol. The second kappa shape index (κ2) is 7.42. The summed E-state index contributed by atoms with van der Waals surface area (Å²) in [4.78, 5) is 16.9. The van der Waals surface area contributed by atoms with Gasteiger partial charge in [0.1, 0.15) is 0 Å². The van der Waals surface area contributed by atoms with Gasteiger partial charge in [0.25, 0.3) is 0 Å². The molecule has 2 fully saturated rings. The molecule has 0 radical (unpaired) electrons. The van der Waals surface area contributed by atoms with Crippen molar-refractivity contribution in [3.63, 3.8) is 0 Å². The standard InChI is InChI=1S/C20H25N3O2/c24-20(14-17-15-25-13-8-21-17)23-11-9-22(10-12-23)19-7-3-5-16-4-1-2-6-18(16)19/h1-7,17,21H,8-15H2/t17-/m1/s1. The summed E-state index contributed by atoms with van der Waals surface area (Å²) >= 11 is 0. The van der Waals surface area contributed by atoms with Crippen LogP contribution in [0.5, 0.6) is 0 Å². The molecule has 1 N–H and O–H groups in total. The summed E-state index contributed by atoms with van der Waals surface area (Å²) in [5, 5.41) is 5.91. The first kappa shape index (κ1) is 16.4. The van der Waals surface area contributed by atoms with Crippen LogP contribution in [0, 0.1) is 0 Å². The van der Waals surface area contributed by atoms with Gasteiger partial charge in [0.15, 0.2) is 0 Å². The van der Waals surface area contributed by atoms with Crippen LogP contribution in [0.1, 0.15) is 6.42 Å². The Morgan fingerprint density at radius 3 is 2.68 bits per heavy atom. The van der Waals surface area contributed by atoms with Gasteiger partial charge in [-0.1, -0.05) is 36.4 Å². The molecule has 1 atom stereocenters. The molecular weight excluding hydrogens is 314 g/mol. The van der Waals surface area contributed by atoms with Gasteiger partial charge in [-0.25, -0.2) is 0 Å². The lowest BCUT2D eigenvalue weighted by atomic mass is 10.1. The zero-order chi connectivity index (χ0) is 17.1. The molecule has 4 rings (SSSR count). The number of amides is 1. The summed E-state index contributed by atoms with van der Waals surface area (Å²) < 4.78 is 5.44. The summed E-state index contributed by atoms with van der Waals surface area (Å²) in [5.41, 5.74) is 1.27. The molecule has 5 nitrogen and oxygen atoms in total. The van der Waals surface area contributed by atoms with Crippen molar-refractivity contribution in [1.82, 2.24) is 10.2 Å². The Kier molecular flexibility index (Phi) is 4.85. The molecule has 2 saturated heterocycles. The second-order valence-electron chi connectivity index (χ2n) is 6.80. The number of carbonyl (C=O) groups is 1. The third-order valence-electron chi connectivity index (χ3n) is 5.16. The summed E-state index contributed by atoms with van der Waals surface area (Å²) in [5.74, 6) is 0.237. The number of nitrogens with zero attached hydrogens (tertiary/aromatic N) is 2. The average molecular weight is 339 g/mol. The van der Waals surface area contributed by atoms with Gasteiger partial charge < -0.3 is 19.9 Å². The third-order valence-corrected chi connectivity index (χ3v) is 5.16. The minimum Gasteiger partial charge on any atom is -0.378 e. The Morgan fingerprint density at radius 1 is 1.08 bits per heavy atom. The average Bonchev–Trinajstić information content (AvgIpc) is 2.68. The first-order valence-corrected chi connectivity index (χ1v) is 9.13. The van der Waals surface area contributed by atoms with Crippen LogP contribution in [-0.4, -0.2) is 62.8 Å². The summed E-state index contributed by atoms with van der Waals surface area (Å²) in [6.07, 6.45) is 0.536. The van der Waals surface area contributed by atoms with Crippen molar-refractivity contribution in [2.45, 2.75) is 12.5 Å². The summed E-state index contributed by atoms with van der Waals surface area (Å²) in [6, 6.07) is 15.1. The van der Waals surface area contributed by atoms with E-state index in [0.29, 0.717) is 13.0 Å². The first-order valence-electron chi connectivity index (χ1n) is 9.13. The molecule has 0 aliphatic carbocycles. The highest BCUT2D eigenvalue weighted by atomic mass is 16.5. The quantitative estimate of drug-likeness (QED) is 0.927. The van der Waals surface area contributed by atoms with Gasteiger partial charge in [0.2, 0.25) is 5.91 Å². The van der Waals surface area contributed by atoms with E-state index in [2.05, 4.69) is 52.7 Å². The molecule has 0 bridgehead atoms. The number of rotatable bonds is 3. The van der Waals surface area contributed by atoms with Crippen molar-refractivity contribution in [3.05, 3.63) is 42.5 Å². The van der Waals surface area contributed by atoms with Crippen LogP contribution in [0.15, 0.2) is 42.5 Å². The normalized spacial score (nSPS) is 21.5. The molecule has 2 aromatic carbocycles. The fourth-order valence-electron chi connectivity index (χ4n) is 3.77. The Hall–Kier alpha value is -2.11. The van der Waals surface area contributed by atoms with E-state index in [-0.39, 0.29) is 11.9 Å². The number of morpholine rings is 1. The zero-order valence-corrected chi connectivity index (χ0v) is 14.5. The second-order valence-corrected chi connectivity index (χ2v) is 6.80. The van der Waals surface area contributed by atoms with E-state index in [1.807, 2.05) is 4.90 Å². The van der Waals surface area contributed by atoms with Crippen molar-refractivity contribution in [1.29, 1.82) is 0 Å². The molecule has 1 amide bonds. The van der Waals surface area contributed by atoms with Gasteiger partial charge >= 0.3 is 0 Å². The molecule has 2 aliphatic heterocycles. The first-order chi connectivity index (χ1) is 12.3. The van der Waals surface area contributed by atoms with Crippen molar-refractivity contribution in [2.75, 3.05) is 50.8 Å². The van der Waals surface area contributed by atoms with E-state index in [1.165, 1.54) is 16.5 Å². The van der Waals surface area contributed by atoms with Crippen molar-refractivity contribution >= 4 is 22.4 Å². The number of piperazine rings is 1. The Balaban J connectivity index is 1.38. The van der Waals surface area contributed by atoms with Crippen molar-refractivity contribution in [3.8, 4) is 0 Å². The zero-order valence-electron chi connectivity index (χ0n) is 14.5. The number of hydrogen-bond donors (Lipinski definition) is 1. The number of ether oxygens (including phenoxy) is 1. The molecule has 0 aromatic heterocycles. The van der Waals surface area contributed by atoms with Crippen LogP contribution in [0.3, 0.4) is 0 Å². The number of carbonyl (C=O) groups excluding carboxylic acids is 1. The molecule has 2 aliphatic rings. The lowest BCUT2D eigenvalue weighted by Crippen LogP contribution is -2.51.